The molecule has 0 aliphatic carbocycles. The highest BCUT2D eigenvalue weighted by Gasteiger charge is 2.38. The molecular weight excluding hydrogens is 488 g/mol. The SMILES string of the molecule is C[C@H]1CN(CCC(=O)N(CCc2ccccc2)[C@@H](Cc2ccccc2)C(=O)O)CC[C@@]1(C)c1cccc(O)c1. The number of carbonyl (C=O) groups is 2. The van der Waals surface area contributed by atoms with E-state index in [1.807, 2.05) is 72.8 Å². The van der Waals surface area contributed by atoms with Crippen LogP contribution >= 0.6 is 0 Å². The Balaban J connectivity index is 1.43. The van der Waals surface area contributed by atoms with Gasteiger partial charge in [0.05, 0.1) is 0 Å². The molecule has 4 rings (SSSR count). The van der Waals surface area contributed by atoms with Crippen LogP contribution in [-0.2, 0) is 27.8 Å². The highest BCUT2D eigenvalue weighted by Crippen LogP contribution is 2.40. The summed E-state index contributed by atoms with van der Waals surface area (Å²) in [6.45, 7) is 7.12. The van der Waals surface area contributed by atoms with Gasteiger partial charge in [-0.15, -0.1) is 0 Å². The van der Waals surface area contributed by atoms with Gasteiger partial charge in [0, 0.05) is 32.5 Å². The molecule has 6 heteroatoms. The van der Waals surface area contributed by atoms with Gasteiger partial charge in [-0.25, -0.2) is 4.79 Å². The van der Waals surface area contributed by atoms with Crippen LogP contribution in [0.3, 0.4) is 0 Å². The molecule has 1 saturated heterocycles. The first-order valence-electron chi connectivity index (χ1n) is 13.9. The summed E-state index contributed by atoms with van der Waals surface area (Å²) in [5, 5.41) is 20.2. The van der Waals surface area contributed by atoms with E-state index in [-0.39, 0.29) is 29.9 Å². The number of phenols is 1. The summed E-state index contributed by atoms with van der Waals surface area (Å²) >= 11 is 0. The molecule has 0 aromatic heterocycles. The number of carbonyl (C=O) groups excluding carboxylic acids is 1. The van der Waals surface area contributed by atoms with Crippen LogP contribution in [0.15, 0.2) is 84.9 Å². The monoisotopic (exact) mass is 528 g/mol. The fourth-order valence-corrected chi connectivity index (χ4v) is 5.72. The number of amides is 1. The summed E-state index contributed by atoms with van der Waals surface area (Å²) in [5.74, 6) is -0.479. The molecule has 2 N–H and O–H groups in total. The van der Waals surface area contributed by atoms with Gasteiger partial charge >= 0.3 is 5.97 Å². The number of carboxylic acid groups (broad SMARTS) is 1. The molecule has 3 atom stereocenters. The Morgan fingerprint density at radius 2 is 1.67 bits per heavy atom. The minimum atomic E-state index is -0.978. The van der Waals surface area contributed by atoms with E-state index in [4.69, 9.17) is 0 Å². The van der Waals surface area contributed by atoms with Crippen molar-refractivity contribution in [3.05, 3.63) is 102 Å². The number of benzene rings is 3. The third-order valence-corrected chi connectivity index (χ3v) is 8.45. The molecule has 0 unspecified atom stereocenters. The average Bonchev–Trinajstić information content (AvgIpc) is 2.94. The molecule has 0 spiro atoms. The number of rotatable bonds is 11. The number of phenolic OH excluding ortho intramolecular Hbond substituents is 1. The first kappa shape index (κ1) is 28.4. The zero-order chi connectivity index (χ0) is 27.8. The second-order valence-electron chi connectivity index (χ2n) is 11.0. The van der Waals surface area contributed by atoms with Crippen LogP contribution in [0.25, 0.3) is 0 Å². The van der Waals surface area contributed by atoms with Gasteiger partial charge in [0.25, 0.3) is 0 Å². The zero-order valence-corrected chi connectivity index (χ0v) is 23.0. The largest absolute Gasteiger partial charge is 0.508 e. The van der Waals surface area contributed by atoms with Crippen LogP contribution in [0.4, 0.5) is 0 Å². The number of aromatic hydroxyl groups is 1. The van der Waals surface area contributed by atoms with E-state index in [0.717, 1.165) is 36.2 Å². The molecule has 39 heavy (non-hydrogen) atoms. The van der Waals surface area contributed by atoms with E-state index in [9.17, 15) is 19.8 Å². The molecule has 0 saturated carbocycles. The maximum atomic E-state index is 13.6. The van der Waals surface area contributed by atoms with E-state index >= 15 is 0 Å². The Labute approximate surface area is 231 Å². The van der Waals surface area contributed by atoms with Crippen molar-refractivity contribution in [1.82, 2.24) is 9.80 Å². The van der Waals surface area contributed by atoms with Crippen molar-refractivity contribution in [2.75, 3.05) is 26.2 Å². The van der Waals surface area contributed by atoms with Crippen LogP contribution in [0.5, 0.6) is 5.75 Å². The predicted octanol–water partition coefficient (Wildman–Crippen LogP) is 5.15. The topological polar surface area (TPSA) is 81.1 Å². The van der Waals surface area contributed by atoms with Crippen LogP contribution in [-0.4, -0.2) is 64.1 Å². The first-order chi connectivity index (χ1) is 18.8. The summed E-state index contributed by atoms with van der Waals surface area (Å²) in [4.78, 5) is 29.9. The smallest absolute Gasteiger partial charge is 0.326 e. The number of hydrogen-bond donors (Lipinski definition) is 2. The Bertz CT molecular complexity index is 1230. The molecule has 1 heterocycles. The highest BCUT2D eigenvalue weighted by molar-refractivity contribution is 5.84. The number of aliphatic carboxylic acids is 1. The molecule has 6 nitrogen and oxygen atoms in total. The van der Waals surface area contributed by atoms with Gasteiger partial charge in [-0.3, -0.25) is 4.79 Å². The zero-order valence-electron chi connectivity index (χ0n) is 23.0. The molecule has 206 valence electrons. The third-order valence-electron chi connectivity index (χ3n) is 8.45. The van der Waals surface area contributed by atoms with Gasteiger partial charge in [-0.05, 0) is 59.5 Å². The lowest BCUT2D eigenvalue weighted by molar-refractivity contribution is -0.150. The van der Waals surface area contributed by atoms with E-state index in [2.05, 4.69) is 24.8 Å². The van der Waals surface area contributed by atoms with E-state index in [1.165, 1.54) is 0 Å². The molecule has 1 fully saturated rings. The van der Waals surface area contributed by atoms with Crippen molar-refractivity contribution in [2.45, 2.75) is 51.0 Å². The molecule has 0 radical (unpaired) electrons. The van der Waals surface area contributed by atoms with Crippen LogP contribution in [0.2, 0.25) is 0 Å². The molecule has 1 aliphatic heterocycles. The van der Waals surface area contributed by atoms with E-state index in [0.29, 0.717) is 25.4 Å². The summed E-state index contributed by atoms with van der Waals surface area (Å²) in [6.07, 6.45) is 2.09. The fourth-order valence-electron chi connectivity index (χ4n) is 5.72. The summed E-state index contributed by atoms with van der Waals surface area (Å²) in [6, 6.07) is 26.0. The van der Waals surface area contributed by atoms with Gasteiger partial charge in [0.1, 0.15) is 11.8 Å². The number of nitrogens with zero attached hydrogens (tertiary/aromatic N) is 2. The van der Waals surface area contributed by atoms with Crippen molar-refractivity contribution in [3.63, 3.8) is 0 Å². The average molecular weight is 529 g/mol. The Morgan fingerprint density at radius 3 is 2.28 bits per heavy atom. The van der Waals surface area contributed by atoms with Crippen molar-refractivity contribution in [1.29, 1.82) is 0 Å². The molecule has 1 aliphatic rings. The lowest BCUT2D eigenvalue weighted by Gasteiger charge is -2.45. The van der Waals surface area contributed by atoms with Gasteiger partial charge in [0.15, 0.2) is 0 Å². The number of carboxylic acids is 1. The Hall–Kier alpha value is -3.64. The molecular formula is C33H40N2O4. The second kappa shape index (κ2) is 12.9. The lowest BCUT2D eigenvalue weighted by atomic mass is 9.68. The summed E-state index contributed by atoms with van der Waals surface area (Å²) < 4.78 is 0. The fraction of sp³-hybridized carbons (Fsp3) is 0.394. The molecule has 0 bridgehead atoms. The van der Waals surface area contributed by atoms with Crippen LogP contribution in [0.1, 0.15) is 43.4 Å². The molecule has 3 aromatic carbocycles. The highest BCUT2D eigenvalue weighted by atomic mass is 16.4. The number of piperidine rings is 1. The van der Waals surface area contributed by atoms with E-state index < -0.39 is 12.0 Å². The van der Waals surface area contributed by atoms with Crippen LogP contribution < -0.4 is 0 Å². The van der Waals surface area contributed by atoms with Crippen molar-refractivity contribution < 1.29 is 19.8 Å². The Kier molecular flexibility index (Phi) is 9.41. The van der Waals surface area contributed by atoms with Gasteiger partial charge < -0.3 is 20.0 Å². The van der Waals surface area contributed by atoms with Crippen molar-refractivity contribution in [3.8, 4) is 5.75 Å². The first-order valence-corrected chi connectivity index (χ1v) is 13.9. The molecule has 3 aromatic rings. The van der Waals surface area contributed by atoms with Gasteiger partial charge in [-0.1, -0.05) is 86.6 Å². The number of likely N-dealkylation sites (tertiary alicyclic amines) is 1. The quantitative estimate of drug-likeness (QED) is 0.360. The predicted molar refractivity (Wildman–Crippen MR) is 154 cm³/mol. The molecule has 1 amide bonds. The maximum Gasteiger partial charge on any atom is 0.326 e. The summed E-state index contributed by atoms with van der Waals surface area (Å²) in [5.41, 5.74) is 3.07. The number of hydrogen-bond acceptors (Lipinski definition) is 4. The second-order valence-corrected chi connectivity index (χ2v) is 11.0. The standard InChI is InChI=1S/C33H40N2O4/c1-25-24-34(21-18-33(25,2)28-14-9-15-29(36)23-28)19-17-31(37)35(20-16-26-10-5-3-6-11-26)30(32(38)39)22-27-12-7-4-8-13-27/h3-15,23,25,30,36H,16-22,24H2,1-2H3,(H,38,39)/t25-,30-,33+/m0/s1. The maximum absolute atomic E-state index is 13.6. The van der Waals surface area contributed by atoms with Crippen molar-refractivity contribution in [2.24, 2.45) is 5.92 Å². The van der Waals surface area contributed by atoms with Crippen molar-refractivity contribution >= 4 is 11.9 Å². The normalized spacial score (nSPS) is 20.3. The lowest BCUT2D eigenvalue weighted by Crippen LogP contribution is -2.50. The summed E-state index contributed by atoms with van der Waals surface area (Å²) in [7, 11) is 0. The van der Waals surface area contributed by atoms with E-state index in [1.54, 1.807) is 11.0 Å². The van der Waals surface area contributed by atoms with Crippen LogP contribution in [0, 0.1) is 5.92 Å². The minimum Gasteiger partial charge on any atom is -0.508 e. The van der Waals surface area contributed by atoms with Gasteiger partial charge in [0.2, 0.25) is 5.91 Å². The van der Waals surface area contributed by atoms with Gasteiger partial charge in [-0.2, -0.15) is 0 Å². The third kappa shape index (κ3) is 7.27. The Morgan fingerprint density at radius 1 is 1.00 bits per heavy atom. The minimum absolute atomic E-state index is 0.0505.